The molecule has 0 heterocycles. The van der Waals surface area contributed by atoms with Crippen LogP contribution in [0.4, 0.5) is 0 Å². The average molecular weight is 391 g/mol. The highest BCUT2D eigenvalue weighted by Crippen LogP contribution is 2.18. The third-order valence-corrected chi connectivity index (χ3v) is 5.00. The summed E-state index contributed by atoms with van der Waals surface area (Å²) in [5.41, 5.74) is -0.736. The molecule has 2 rings (SSSR count). The van der Waals surface area contributed by atoms with Gasteiger partial charge in [0.15, 0.2) is 16.4 Å². The number of amides is 1. The van der Waals surface area contributed by atoms with Gasteiger partial charge < -0.3 is 15.2 Å². The molecule has 2 N–H and O–H groups in total. The summed E-state index contributed by atoms with van der Waals surface area (Å²) in [5, 5.41) is 12.0. The topological polar surface area (TPSA) is 110 Å². The van der Waals surface area contributed by atoms with Crippen LogP contribution in [0.3, 0.4) is 0 Å². The first-order valence-electron chi connectivity index (χ1n) is 8.11. The summed E-state index contributed by atoms with van der Waals surface area (Å²) in [7, 11) is -3.40. The third-order valence-electron chi connectivity index (χ3n) is 3.89. The van der Waals surface area contributed by atoms with E-state index >= 15 is 0 Å². The van der Waals surface area contributed by atoms with Crippen LogP contribution in [0, 0.1) is 0 Å². The predicted molar refractivity (Wildman–Crippen MR) is 99.4 cm³/mol. The van der Waals surface area contributed by atoms with Gasteiger partial charge in [0.2, 0.25) is 0 Å². The lowest BCUT2D eigenvalue weighted by molar-refractivity contribution is -0.147. The van der Waals surface area contributed by atoms with Crippen molar-refractivity contribution in [2.24, 2.45) is 0 Å². The van der Waals surface area contributed by atoms with E-state index in [0.29, 0.717) is 0 Å². The molecule has 0 aromatic heterocycles. The largest absolute Gasteiger partial charge is 0.484 e. The molecule has 144 valence electrons. The second kappa shape index (κ2) is 8.22. The smallest absolute Gasteiger partial charge is 0.329 e. The van der Waals surface area contributed by atoms with Crippen LogP contribution in [-0.2, 0) is 25.8 Å². The SMILES string of the molecule is C[C@](Cc1ccccc1)(NC(=O)COc1cccc(S(C)(=O)=O)c1)C(=O)O. The lowest BCUT2D eigenvalue weighted by atomic mass is 9.93. The van der Waals surface area contributed by atoms with Crippen molar-refractivity contribution in [2.75, 3.05) is 12.9 Å². The molecule has 7 nitrogen and oxygen atoms in total. The van der Waals surface area contributed by atoms with Crippen LogP contribution >= 0.6 is 0 Å². The quantitative estimate of drug-likeness (QED) is 0.708. The summed E-state index contributed by atoms with van der Waals surface area (Å²) in [6.07, 6.45) is 1.18. The lowest BCUT2D eigenvalue weighted by Crippen LogP contribution is -2.55. The first-order valence-corrected chi connectivity index (χ1v) is 10.0. The Balaban J connectivity index is 2.03. The fraction of sp³-hybridized carbons (Fsp3) is 0.263. The van der Waals surface area contributed by atoms with Crippen LogP contribution in [0.15, 0.2) is 59.5 Å². The average Bonchev–Trinajstić information content (AvgIpc) is 2.60. The van der Waals surface area contributed by atoms with Crippen LogP contribution in [0.5, 0.6) is 5.75 Å². The molecular formula is C19H21NO6S. The molecule has 8 heteroatoms. The maximum Gasteiger partial charge on any atom is 0.329 e. The molecule has 0 fully saturated rings. The van der Waals surface area contributed by atoms with Gasteiger partial charge in [-0.05, 0) is 30.7 Å². The highest BCUT2D eigenvalue weighted by atomic mass is 32.2. The molecular weight excluding hydrogens is 370 g/mol. The molecule has 1 atom stereocenters. The molecule has 0 saturated carbocycles. The van der Waals surface area contributed by atoms with E-state index < -0.39 is 33.9 Å². The molecule has 0 aliphatic rings. The number of sulfone groups is 1. The number of benzene rings is 2. The number of carbonyl (C=O) groups is 2. The van der Waals surface area contributed by atoms with Gasteiger partial charge in [0.1, 0.15) is 11.3 Å². The monoisotopic (exact) mass is 391 g/mol. The van der Waals surface area contributed by atoms with Gasteiger partial charge in [-0.1, -0.05) is 36.4 Å². The summed E-state index contributed by atoms with van der Waals surface area (Å²) in [4.78, 5) is 23.9. The second-order valence-corrected chi connectivity index (χ2v) is 8.40. The van der Waals surface area contributed by atoms with Crippen LogP contribution in [0.1, 0.15) is 12.5 Å². The van der Waals surface area contributed by atoms with E-state index in [4.69, 9.17) is 4.74 Å². The van der Waals surface area contributed by atoms with E-state index in [0.717, 1.165) is 11.8 Å². The molecule has 0 aliphatic carbocycles. The normalized spacial score (nSPS) is 13.4. The van der Waals surface area contributed by atoms with Crippen molar-refractivity contribution in [3.63, 3.8) is 0 Å². The Hall–Kier alpha value is -2.87. The maximum atomic E-state index is 12.2. The number of nitrogens with one attached hydrogen (secondary N) is 1. The van der Waals surface area contributed by atoms with Gasteiger partial charge in [-0.3, -0.25) is 4.79 Å². The highest BCUT2D eigenvalue weighted by molar-refractivity contribution is 7.90. The fourth-order valence-corrected chi connectivity index (χ4v) is 3.12. The van der Waals surface area contributed by atoms with Gasteiger partial charge in [-0.25, -0.2) is 13.2 Å². The number of carboxylic acids is 1. The Kier molecular flexibility index (Phi) is 6.22. The summed E-state index contributed by atoms with van der Waals surface area (Å²) in [5.74, 6) is -1.59. The molecule has 0 saturated heterocycles. The van der Waals surface area contributed by atoms with E-state index in [-0.39, 0.29) is 17.1 Å². The van der Waals surface area contributed by atoms with Crippen molar-refractivity contribution in [1.82, 2.24) is 5.32 Å². The predicted octanol–water partition coefficient (Wildman–Crippen LogP) is 1.67. The van der Waals surface area contributed by atoms with Gasteiger partial charge in [0.05, 0.1) is 4.90 Å². The van der Waals surface area contributed by atoms with Gasteiger partial charge in [0.25, 0.3) is 5.91 Å². The minimum atomic E-state index is -3.40. The third kappa shape index (κ3) is 5.82. The molecule has 2 aromatic carbocycles. The van der Waals surface area contributed by atoms with Gasteiger partial charge >= 0.3 is 5.97 Å². The Morgan fingerprint density at radius 1 is 1.11 bits per heavy atom. The van der Waals surface area contributed by atoms with Gasteiger partial charge in [-0.2, -0.15) is 0 Å². The van der Waals surface area contributed by atoms with Crippen molar-refractivity contribution >= 4 is 21.7 Å². The molecule has 0 bridgehead atoms. The Bertz CT molecular complexity index is 926. The summed E-state index contributed by atoms with van der Waals surface area (Å²) >= 11 is 0. The fourth-order valence-electron chi connectivity index (χ4n) is 2.46. The van der Waals surface area contributed by atoms with Crippen LogP contribution in [0.2, 0.25) is 0 Å². The standard InChI is InChI=1S/C19H21NO6S/c1-19(18(22)23,12-14-7-4-3-5-8-14)20-17(21)13-26-15-9-6-10-16(11-15)27(2,24)25/h3-11H,12-13H2,1-2H3,(H,20,21)(H,22,23)/t19-/m1/s1. The van der Waals surface area contributed by atoms with Crippen LogP contribution in [-0.4, -0.2) is 43.8 Å². The van der Waals surface area contributed by atoms with Crippen LogP contribution < -0.4 is 10.1 Å². The Morgan fingerprint density at radius 3 is 2.37 bits per heavy atom. The van der Waals surface area contributed by atoms with Crippen molar-refractivity contribution in [2.45, 2.75) is 23.8 Å². The number of hydrogen-bond acceptors (Lipinski definition) is 5. The second-order valence-electron chi connectivity index (χ2n) is 6.38. The zero-order valence-corrected chi connectivity index (χ0v) is 15.8. The maximum absolute atomic E-state index is 12.2. The number of hydrogen-bond donors (Lipinski definition) is 2. The van der Waals surface area contributed by atoms with Crippen LogP contribution in [0.25, 0.3) is 0 Å². The van der Waals surface area contributed by atoms with E-state index in [1.54, 1.807) is 24.3 Å². The zero-order valence-electron chi connectivity index (χ0n) is 15.0. The number of ether oxygens (including phenoxy) is 1. The number of carboxylic acid groups (broad SMARTS) is 1. The van der Waals surface area contributed by atoms with E-state index in [9.17, 15) is 23.1 Å². The van der Waals surface area contributed by atoms with E-state index in [2.05, 4.69) is 5.32 Å². The van der Waals surface area contributed by atoms with E-state index in [1.165, 1.54) is 31.2 Å². The summed E-state index contributed by atoms with van der Waals surface area (Å²) in [6.45, 7) is 0.982. The highest BCUT2D eigenvalue weighted by Gasteiger charge is 2.35. The molecule has 27 heavy (non-hydrogen) atoms. The van der Waals surface area contributed by atoms with E-state index in [1.807, 2.05) is 6.07 Å². The Morgan fingerprint density at radius 2 is 1.78 bits per heavy atom. The molecule has 0 aliphatic heterocycles. The first kappa shape index (κ1) is 20.4. The Labute approximate surface area is 157 Å². The van der Waals surface area contributed by atoms with Crippen molar-refractivity contribution in [3.8, 4) is 5.75 Å². The number of rotatable bonds is 8. The minimum absolute atomic E-state index is 0.0693. The molecule has 0 spiro atoms. The summed E-state index contributed by atoms with van der Waals surface area (Å²) in [6, 6.07) is 14.7. The number of carbonyl (C=O) groups excluding carboxylic acids is 1. The minimum Gasteiger partial charge on any atom is -0.484 e. The molecule has 0 radical (unpaired) electrons. The summed E-state index contributed by atoms with van der Waals surface area (Å²) < 4.78 is 28.4. The van der Waals surface area contributed by atoms with Gasteiger partial charge in [-0.15, -0.1) is 0 Å². The molecule has 2 aromatic rings. The zero-order chi connectivity index (χ0) is 20.1. The van der Waals surface area contributed by atoms with Crippen molar-refractivity contribution < 1.29 is 27.9 Å². The molecule has 0 unspecified atom stereocenters. The van der Waals surface area contributed by atoms with Crippen molar-refractivity contribution in [3.05, 3.63) is 60.2 Å². The van der Waals surface area contributed by atoms with Gasteiger partial charge in [0, 0.05) is 12.7 Å². The number of aliphatic carboxylic acids is 1. The lowest BCUT2D eigenvalue weighted by Gasteiger charge is -2.26. The van der Waals surface area contributed by atoms with Crippen molar-refractivity contribution in [1.29, 1.82) is 0 Å². The molecule has 1 amide bonds. The first-order chi connectivity index (χ1) is 12.6.